The number of carbonyl (C=O) groups excluding carboxylic acids is 1. The number of aliphatic hydroxyl groups is 1. The van der Waals surface area contributed by atoms with Gasteiger partial charge >= 0.3 is 0 Å². The van der Waals surface area contributed by atoms with Gasteiger partial charge in [-0.25, -0.2) is 4.39 Å². The molecule has 3 saturated carbocycles. The van der Waals surface area contributed by atoms with Gasteiger partial charge in [0.05, 0.1) is 29.3 Å². The van der Waals surface area contributed by atoms with Crippen LogP contribution in [0.4, 0.5) is 4.39 Å². The van der Waals surface area contributed by atoms with Crippen molar-refractivity contribution in [1.29, 1.82) is 0 Å². The molecule has 3 aromatic rings. The third-order valence-corrected chi connectivity index (χ3v) is 7.29. The number of aromatic nitrogens is 2. The van der Waals surface area contributed by atoms with E-state index in [0.29, 0.717) is 5.56 Å². The van der Waals surface area contributed by atoms with Gasteiger partial charge in [-0.1, -0.05) is 11.6 Å². The lowest BCUT2D eigenvalue weighted by Crippen LogP contribution is -2.79. The fourth-order valence-electron chi connectivity index (χ4n) is 5.42. The van der Waals surface area contributed by atoms with Gasteiger partial charge < -0.3 is 19.9 Å². The van der Waals surface area contributed by atoms with Gasteiger partial charge in [0.2, 0.25) is 0 Å². The van der Waals surface area contributed by atoms with Crippen molar-refractivity contribution in [2.24, 2.45) is 0 Å². The number of carbonyl (C=O) groups is 1. The Balaban J connectivity index is 1.14. The molecule has 3 aliphatic carbocycles. The predicted octanol–water partition coefficient (Wildman–Crippen LogP) is 3.47. The first-order chi connectivity index (χ1) is 15.3. The molecule has 1 aliphatic heterocycles. The summed E-state index contributed by atoms with van der Waals surface area (Å²) >= 11 is 5.80. The Hall–Kier alpha value is -2.84. The van der Waals surface area contributed by atoms with Crippen LogP contribution in [0.3, 0.4) is 0 Å². The van der Waals surface area contributed by atoms with Crippen molar-refractivity contribution >= 4 is 28.4 Å². The molecular weight excluding hydrogens is 437 g/mol. The summed E-state index contributed by atoms with van der Waals surface area (Å²) in [6, 6.07) is 8.25. The molecule has 2 atom stereocenters. The maximum absolute atomic E-state index is 13.8. The van der Waals surface area contributed by atoms with E-state index in [-0.39, 0.29) is 34.2 Å². The van der Waals surface area contributed by atoms with E-state index >= 15 is 0 Å². The first-order valence-corrected chi connectivity index (χ1v) is 10.9. The summed E-state index contributed by atoms with van der Waals surface area (Å²) in [6.45, 7) is 0. The standard InChI is InChI=1S/C23H21ClFN3O4/c1-31-13-2-3-17-12(4-13)8-28(27-17)23-9-22(10-23,11-23)26-21(30)20-7-18(29)14-5-15(24)16(25)6-19(14)32-20/h2-6,8,18,20,29H,7,9-11H2,1H3,(H,26,30)/t18-,20-,22?,23?/m1/s1. The summed E-state index contributed by atoms with van der Waals surface area (Å²) in [5.41, 5.74) is 0.933. The Morgan fingerprint density at radius 2 is 2.12 bits per heavy atom. The summed E-state index contributed by atoms with van der Waals surface area (Å²) in [4.78, 5) is 12.9. The van der Waals surface area contributed by atoms with E-state index in [0.717, 1.165) is 42.0 Å². The highest BCUT2D eigenvalue weighted by atomic mass is 35.5. The third kappa shape index (κ3) is 2.82. The Labute approximate surface area is 188 Å². The summed E-state index contributed by atoms with van der Waals surface area (Å²) in [5, 5.41) is 19.2. The summed E-state index contributed by atoms with van der Waals surface area (Å²) in [7, 11) is 1.64. The normalized spacial score (nSPS) is 30.0. The van der Waals surface area contributed by atoms with Crippen molar-refractivity contribution in [3.63, 3.8) is 0 Å². The number of fused-ring (bicyclic) bond motifs is 2. The number of rotatable bonds is 4. The molecule has 2 N–H and O–H groups in total. The maximum Gasteiger partial charge on any atom is 0.261 e. The smallest absolute Gasteiger partial charge is 0.261 e. The predicted molar refractivity (Wildman–Crippen MR) is 114 cm³/mol. The highest BCUT2D eigenvalue weighted by Gasteiger charge is 2.70. The van der Waals surface area contributed by atoms with Gasteiger partial charge in [0.25, 0.3) is 5.91 Å². The van der Waals surface area contributed by atoms with Crippen LogP contribution in [0.15, 0.2) is 36.5 Å². The minimum Gasteiger partial charge on any atom is -0.497 e. The second-order valence-electron chi connectivity index (χ2n) is 9.18. The average Bonchev–Trinajstić information content (AvgIpc) is 3.13. The first kappa shape index (κ1) is 19.8. The van der Waals surface area contributed by atoms with Gasteiger partial charge in [0.15, 0.2) is 6.10 Å². The van der Waals surface area contributed by atoms with Crippen LogP contribution < -0.4 is 14.8 Å². The number of aliphatic hydroxyl groups excluding tert-OH is 1. The minimum atomic E-state index is -0.944. The lowest BCUT2D eigenvalue weighted by molar-refractivity contribution is -0.164. The lowest BCUT2D eigenvalue weighted by Gasteiger charge is -2.70. The number of amides is 1. The first-order valence-electron chi connectivity index (χ1n) is 10.5. The molecule has 166 valence electrons. The topological polar surface area (TPSA) is 85.6 Å². The summed E-state index contributed by atoms with van der Waals surface area (Å²) in [5.74, 6) is -0.00621. The van der Waals surface area contributed by atoms with Crippen LogP contribution in [0, 0.1) is 5.82 Å². The average molecular weight is 458 g/mol. The molecule has 9 heteroatoms. The number of hydrogen-bond acceptors (Lipinski definition) is 5. The van der Waals surface area contributed by atoms with Gasteiger partial charge in [-0.15, -0.1) is 0 Å². The maximum atomic E-state index is 13.8. The number of nitrogens with zero attached hydrogens (tertiary/aromatic N) is 2. The highest BCUT2D eigenvalue weighted by molar-refractivity contribution is 6.30. The molecule has 0 saturated heterocycles. The Bertz CT molecular complexity index is 1260. The molecule has 32 heavy (non-hydrogen) atoms. The zero-order valence-corrected chi connectivity index (χ0v) is 18.0. The monoisotopic (exact) mass is 457 g/mol. The van der Waals surface area contributed by atoms with Gasteiger partial charge in [-0.3, -0.25) is 9.48 Å². The SMILES string of the molecule is COc1ccc2nn(C34CC(NC(=O)[C@H]5C[C@@H](O)c6cc(Cl)c(F)cc6O5)(C3)C4)cc2c1. The summed E-state index contributed by atoms with van der Waals surface area (Å²) in [6.07, 6.45) is 2.64. The van der Waals surface area contributed by atoms with Crippen molar-refractivity contribution in [3.05, 3.63) is 52.9 Å². The van der Waals surface area contributed by atoms with E-state index in [1.165, 1.54) is 6.07 Å². The van der Waals surface area contributed by atoms with Crippen LogP contribution in [-0.2, 0) is 10.3 Å². The number of benzene rings is 2. The van der Waals surface area contributed by atoms with Gasteiger partial charge in [0.1, 0.15) is 17.3 Å². The third-order valence-electron chi connectivity index (χ3n) is 7.00. The number of methoxy groups -OCH3 is 1. The van der Waals surface area contributed by atoms with E-state index in [1.54, 1.807) is 7.11 Å². The Kier molecular flexibility index (Phi) is 4.08. The van der Waals surface area contributed by atoms with E-state index < -0.39 is 18.0 Å². The van der Waals surface area contributed by atoms with Crippen LogP contribution in [-0.4, -0.2) is 39.5 Å². The molecule has 1 aromatic heterocycles. The van der Waals surface area contributed by atoms with Crippen LogP contribution in [0.2, 0.25) is 5.02 Å². The second-order valence-corrected chi connectivity index (χ2v) is 9.59. The molecular formula is C23H21ClFN3O4. The molecule has 2 bridgehead atoms. The molecule has 1 amide bonds. The van der Waals surface area contributed by atoms with E-state index in [4.69, 9.17) is 26.2 Å². The highest BCUT2D eigenvalue weighted by Crippen LogP contribution is 2.65. The number of hydrogen-bond donors (Lipinski definition) is 2. The van der Waals surface area contributed by atoms with E-state index in [2.05, 4.69) is 5.32 Å². The fourth-order valence-corrected chi connectivity index (χ4v) is 5.60. The van der Waals surface area contributed by atoms with E-state index in [9.17, 15) is 14.3 Å². The Morgan fingerprint density at radius 3 is 2.88 bits per heavy atom. The largest absolute Gasteiger partial charge is 0.497 e. The van der Waals surface area contributed by atoms with Crippen molar-refractivity contribution in [3.8, 4) is 11.5 Å². The Morgan fingerprint density at radius 1 is 1.34 bits per heavy atom. The van der Waals surface area contributed by atoms with Crippen molar-refractivity contribution < 1.29 is 23.8 Å². The van der Waals surface area contributed by atoms with Crippen molar-refractivity contribution in [2.75, 3.05) is 7.11 Å². The second kappa shape index (κ2) is 6.59. The zero-order valence-electron chi connectivity index (χ0n) is 17.3. The van der Waals surface area contributed by atoms with Crippen molar-refractivity contribution in [2.45, 2.75) is 49.0 Å². The molecule has 4 aliphatic rings. The number of nitrogens with one attached hydrogen (secondary N) is 1. The zero-order chi connectivity index (χ0) is 22.3. The molecule has 0 radical (unpaired) electrons. The van der Waals surface area contributed by atoms with Crippen molar-refractivity contribution in [1.82, 2.24) is 15.1 Å². The van der Waals surface area contributed by atoms with E-state index in [1.807, 2.05) is 29.1 Å². The van der Waals surface area contributed by atoms with Crippen LogP contribution in [0.25, 0.3) is 10.9 Å². The molecule has 7 rings (SSSR count). The minimum absolute atomic E-state index is 0.0844. The van der Waals surface area contributed by atoms with Crippen LogP contribution >= 0.6 is 11.6 Å². The fraction of sp³-hybridized carbons (Fsp3) is 0.391. The van der Waals surface area contributed by atoms with Crippen LogP contribution in [0.1, 0.15) is 37.4 Å². The van der Waals surface area contributed by atoms with Crippen LogP contribution in [0.5, 0.6) is 11.5 Å². The molecule has 0 spiro atoms. The molecule has 7 nitrogen and oxygen atoms in total. The van der Waals surface area contributed by atoms with Gasteiger partial charge in [0, 0.05) is 35.2 Å². The van der Waals surface area contributed by atoms with Gasteiger partial charge in [-0.05, 0) is 43.5 Å². The lowest BCUT2D eigenvalue weighted by atomic mass is 9.44. The number of ether oxygens (including phenoxy) is 2. The molecule has 0 unspecified atom stereocenters. The summed E-state index contributed by atoms with van der Waals surface area (Å²) < 4.78 is 26.8. The molecule has 2 heterocycles. The number of halogens is 2. The molecule has 3 fully saturated rings. The quantitative estimate of drug-likeness (QED) is 0.626. The molecule has 2 aromatic carbocycles. The van der Waals surface area contributed by atoms with Gasteiger partial charge in [-0.2, -0.15) is 5.10 Å².